The fourth-order valence-corrected chi connectivity index (χ4v) is 2.30. The van der Waals surface area contributed by atoms with Crippen molar-refractivity contribution in [2.24, 2.45) is 0 Å². The van der Waals surface area contributed by atoms with E-state index in [4.69, 9.17) is 0 Å². The van der Waals surface area contributed by atoms with Crippen molar-refractivity contribution >= 4 is 0 Å². The van der Waals surface area contributed by atoms with Crippen LogP contribution < -0.4 is 5.32 Å². The van der Waals surface area contributed by atoms with Gasteiger partial charge in [0.15, 0.2) is 0 Å². The Morgan fingerprint density at radius 3 is 2.38 bits per heavy atom. The Balaban J connectivity index is 1.71. The quantitative estimate of drug-likeness (QED) is 0.713. The van der Waals surface area contributed by atoms with Crippen molar-refractivity contribution in [2.45, 2.75) is 57.7 Å². The molecule has 0 aromatic heterocycles. The number of likely N-dealkylation sites (tertiary alicyclic amines) is 1. The van der Waals surface area contributed by atoms with Gasteiger partial charge >= 0.3 is 0 Å². The molecule has 0 aromatic rings. The van der Waals surface area contributed by atoms with Gasteiger partial charge in [-0.1, -0.05) is 6.42 Å². The van der Waals surface area contributed by atoms with Gasteiger partial charge in [-0.2, -0.15) is 0 Å². The first-order valence-electron chi connectivity index (χ1n) is 5.76. The number of hydrogen-bond acceptors (Lipinski definition) is 2. The van der Waals surface area contributed by atoms with Gasteiger partial charge in [0.25, 0.3) is 0 Å². The Kier molecular flexibility index (Phi) is 2.89. The number of nitrogens with zero attached hydrogens (tertiary/aromatic N) is 1. The van der Waals surface area contributed by atoms with E-state index in [1.165, 1.54) is 38.8 Å². The molecule has 1 saturated carbocycles. The van der Waals surface area contributed by atoms with Crippen LogP contribution in [0.15, 0.2) is 0 Å². The maximum absolute atomic E-state index is 3.76. The minimum absolute atomic E-state index is 0.730. The Morgan fingerprint density at radius 1 is 1.15 bits per heavy atom. The number of rotatable bonds is 3. The second-order valence-corrected chi connectivity index (χ2v) is 4.87. The van der Waals surface area contributed by atoms with Crippen LogP contribution in [0.1, 0.15) is 39.5 Å². The van der Waals surface area contributed by atoms with Crippen molar-refractivity contribution in [2.75, 3.05) is 13.1 Å². The van der Waals surface area contributed by atoms with Crippen molar-refractivity contribution in [3.63, 3.8) is 0 Å². The SMILES string of the molecule is CC(C)N1CCC(NC2CCC2)C1. The number of nitrogens with one attached hydrogen (secondary N) is 1. The molecule has 1 saturated heterocycles. The van der Waals surface area contributed by atoms with Gasteiger partial charge in [0.05, 0.1) is 0 Å². The van der Waals surface area contributed by atoms with Crippen LogP contribution in [0.4, 0.5) is 0 Å². The largest absolute Gasteiger partial charge is 0.310 e. The molecule has 1 atom stereocenters. The highest BCUT2D eigenvalue weighted by Gasteiger charge is 2.27. The summed E-state index contributed by atoms with van der Waals surface area (Å²) in [4.78, 5) is 2.58. The molecule has 0 bridgehead atoms. The highest BCUT2D eigenvalue weighted by molar-refractivity contribution is 4.87. The van der Waals surface area contributed by atoms with E-state index in [0.717, 1.165) is 18.1 Å². The van der Waals surface area contributed by atoms with E-state index < -0.39 is 0 Å². The molecule has 2 fully saturated rings. The topological polar surface area (TPSA) is 15.3 Å². The van der Waals surface area contributed by atoms with E-state index in [1.54, 1.807) is 0 Å². The fraction of sp³-hybridized carbons (Fsp3) is 1.00. The van der Waals surface area contributed by atoms with Crippen LogP contribution in [0.2, 0.25) is 0 Å². The molecule has 1 aliphatic carbocycles. The van der Waals surface area contributed by atoms with Crippen LogP contribution in [0.3, 0.4) is 0 Å². The molecule has 1 N–H and O–H groups in total. The average Bonchev–Trinajstić information content (AvgIpc) is 2.44. The van der Waals surface area contributed by atoms with Gasteiger partial charge in [0.1, 0.15) is 0 Å². The van der Waals surface area contributed by atoms with Gasteiger partial charge in [-0.25, -0.2) is 0 Å². The zero-order valence-corrected chi connectivity index (χ0v) is 8.92. The highest BCUT2D eigenvalue weighted by atomic mass is 15.2. The first kappa shape index (κ1) is 9.47. The molecule has 2 aliphatic rings. The van der Waals surface area contributed by atoms with E-state index >= 15 is 0 Å². The van der Waals surface area contributed by atoms with Crippen LogP contribution in [-0.2, 0) is 0 Å². The van der Waals surface area contributed by atoms with Crippen molar-refractivity contribution in [1.82, 2.24) is 10.2 Å². The fourth-order valence-electron chi connectivity index (χ4n) is 2.30. The minimum Gasteiger partial charge on any atom is -0.310 e. The molecule has 0 spiro atoms. The lowest BCUT2D eigenvalue weighted by Crippen LogP contribution is -2.44. The molecule has 0 aromatic carbocycles. The first-order chi connectivity index (χ1) is 6.25. The van der Waals surface area contributed by atoms with Crippen molar-refractivity contribution in [3.05, 3.63) is 0 Å². The molecule has 2 heteroatoms. The van der Waals surface area contributed by atoms with E-state index in [2.05, 4.69) is 24.1 Å². The third-order valence-electron chi connectivity index (χ3n) is 3.53. The molecule has 1 aliphatic heterocycles. The molecule has 2 nitrogen and oxygen atoms in total. The highest BCUT2D eigenvalue weighted by Crippen LogP contribution is 2.21. The molecule has 76 valence electrons. The first-order valence-corrected chi connectivity index (χ1v) is 5.76. The minimum atomic E-state index is 0.730. The van der Waals surface area contributed by atoms with Crippen molar-refractivity contribution in [1.29, 1.82) is 0 Å². The molecule has 1 heterocycles. The van der Waals surface area contributed by atoms with Crippen LogP contribution in [0.5, 0.6) is 0 Å². The summed E-state index contributed by atoms with van der Waals surface area (Å²) < 4.78 is 0. The lowest BCUT2D eigenvalue weighted by Gasteiger charge is -2.30. The van der Waals surface area contributed by atoms with Gasteiger partial charge in [-0.05, 0) is 39.7 Å². The summed E-state index contributed by atoms with van der Waals surface area (Å²) in [5.41, 5.74) is 0. The Bertz CT molecular complexity index is 163. The van der Waals surface area contributed by atoms with Gasteiger partial charge in [0.2, 0.25) is 0 Å². The summed E-state index contributed by atoms with van der Waals surface area (Å²) in [5, 5.41) is 3.76. The van der Waals surface area contributed by atoms with Crippen LogP contribution >= 0.6 is 0 Å². The Morgan fingerprint density at radius 2 is 1.92 bits per heavy atom. The molecule has 0 amide bonds. The predicted molar refractivity (Wildman–Crippen MR) is 55.9 cm³/mol. The van der Waals surface area contributed by atoms with Crippen molar-refractivity contribution < 1.29 is 0 Å². The predicted octanol–water partition coefficient (Wildman–Crippen LogP) is 1.61. The summed E-state index contributed by atoms with van der Waals surface area (Å²) in [6.45, 7) is 7.16. The number of hydrogen-bond donors (Lipinski definition) is 1. The summed E-state index contributed by atoms with van der Waals surface area (Å²) in [6, 6.07) is 2.37. The maximum Gasteiger partial charge on any atom is 0.0209 e. The van der Waals surface area contributed by atoms with Gasteiger partial charge in [-0.3, -0.25) is 4.90 Å². The second kappa shape index (κ2) is 3.97. The lowest BCUT2D eigenvalue weighted by atomic mass is 9.92. The van der Waals surface area contributed by atoms with E-state index in [-0.39, 0.29) is 0 Å². The average molecular weight is 182 g/mol. The summed E-state index contributed by atoms with van der Waals surface area (Å²) in [5.74, 6) is 0. The molecule has 1 unspecified atom stereocenters. The maximum atomic E-state index is 3.76. The lowest BCUT2D eigenvalue weighted by molar-refractivity contribution is 0.253. The third kappa shape index (κ3) is 2.23. The zero-order chi connectivity index (χ0) is 9.26. The van der Waals surface area contributed by atoms with E-state index in [9.17, 15) is 0 Å². The summed E-state index contributed by atoms with van der Waals surface area (Å²) in [7, 11) is 0. The van der Waals surface area contributed by atoms with Crippen molar-refractivity contribution in [3.8, 4) is 0 Å². The molecule has 0 radical (unpaired) electrons. The molecular weight excluding hydrogens is 160 g/mol. The van der Waals surface area contributed by atoms with Crippen LogP contribution in [0, 0.1) is 0 Å². The Hall–Kier alpha value is -0.0800. The van der Waals surface area contributed by atoms with E-state index in [0.29, 0.717) is 0 Å². The zero-order valence-electron chi connectivity index (χ0n) is 8.92. The van der Waals surface area contributed by atoms with Gasteiger partial charge in [-0.15, -0.1) is 0 Å². The second-order valence-electron chi connectivity index (χ2n) is 4.87. The summed E-state index contributed by atoms with van der Waals surface area (Å²) in [6.07, 6.45) is 5.63. The molecular formula is C11H22N2. The normalized spacial score (nSPS) is 31.2. The van der Waals surface area contributed by atoms with Gasteiger partial charge < -0.3 is 5.32 Å². The monoisotopic (exact) mass is 182 g/mol. The standard InChI is InChI=1S/C11H22N2/c1-9(2)13-7-6-11(8-13)12-10-4-3-5-10/h9-12H,3-8H2,1-2H3. The van der Waals surface area contributed by atoms with Crippen LogP contribution in [0.25, 0.3) is 0 Å². The summed E-state index contributed by atoms with van der Waals surface area (Å²) >= 11 is 0. The van der Waals surface area contributed by atoms with Crippen LogP contribution in [-0.4, -0.2) is 36.1 Å². The van der Waals surface area contributed by atoms with Gasteiger partial charge in [0, 0.05) is 24.7 Å². The third-order valence-corrected chi connectivity index (χ3v) is 3.53. The van der Waals surface area contributed by atoms with E-state index in [1.807, 2.05) is 0 Å². The Labute approximate surface area is 81.7 Å². The smallest absolute Gasteiger partial charge is 0.0209 e. The molecule has 2 rings (SSSR count). The molecule has 13 heavy (non-hydrogen) atoms.